The van der Waals surface area contributed by atoms with Gasteiger partial charge >= 0.3 is 0 Å². The molecule has 176 valence electrons. The molecule has 10 atom stereocenters. The topological polar surface area (TPSA) is 74.6 Å². The van der Waals surface area contributed by atoms with E-state index in [4.69, 9.17) is 0 Å². The molecule has 4 rings (SSSR count). The van der Waals surface area contributed by atoms with Gasteiger partial charge in [-0.2, -0.15) is 0 Å². The van der Waals surface area contributed by atoms with Crippen LogP contribution in [0.3, 0.4) is 0 Å². The van der Waals surface area contributed by atoms with Crippen LogP contribution in [0.4, 0.5) is 0 Å². The van der Waals surface area contributed by atoms with Gasteiger partial charge in [-0.25, -0.2) is 0 Å². The second kappa shape index (κ2) is 8.56. The summed E-state index contributed by atoms with van der Waals surface area (Å²) in [5.74, 6) is 2.65. The third-order valence-electron chi connectivity index (χ3n) is 10.8. The van der Waals surface area contributed by atoms with Crippen molar-refractivity contribution in [3.63, 3.8) is 0 Å². The van der Waals surface area contributed by atoms with Crippen molar-refractivity contribution >= 4 is 11.6 Å². The molecule has 31 heavy (non-hydrogen) atoms. The predicted molar refractivity (Wildman–Crippen MR) is 121 cm³/mol. The quantitative estimate of drug-likeness (QED) is 0.632. The molecule has 0 aliphatic heterocycles. The Kier molecular flexibility index (Phi) is 6.46. The van der Waals surface area contributed by atoms with Crippen molar-refractivity contribution in [2.75, 3.05) is 6.61 Å². The number of hydrogen-bond donors (Lipinski definition) is 2. The number of aliphatic hydroxyl groups is 2. The number of Topliss-reactive ketones (excluding diaryl/α,β-unsaturated/α-hetero) is 2. The SMILES string of the molecule is CC(CO)CCC(=O)C(C)C1C(=O)CC2C3CCC4CC(O)CCC4(C)C3CCC21C. The van der Waals surface area contributed by atoms with Crippen LogP contribution in [0.2, 0.25) is 0 Å². The van der Waals surface area contributed by atoms with E-state index >= 15 is 0 Å². The fourth-order valence-corrected chi connectivity index (χ4v) is 8.81. The van der Waals surface area contributed by atoms with E-state index < -0.39 is 0 Å². The summed E-state index contributed by atoms with van der Waals surface area (Å²) in [5, 5.41) is 19.5. The number of carbonyl (C=O) groups excluding carboxylic acids is 2. The first-order valence-corrected chi connectivity index (χ1v) is 13.0. The van der Waals surface area contributed by atoms with E-state index in [2.05, 4.69) is 13.8 Å². The standard InChI is InChI=1S/C27H44O4/c1-16(15-28)5-8-23(30)17(2)25-24(31)14-22-20-7-6-18-13-19(29)9-11-26(18,3)21(20)10-12-27(22,25)4/h16-22,25,28-29H,5-15H2,1-4H3. The first kappa shape index (κ1) is 23.4. The summed E-state index contributed by atoms with van der Waals surface area (Å²) in [4.78, 5) is 26.3. The second-order valence-electron chi connectivity index (χ2n) is 12.4. The molecule has 0 aromatic carbocycles. The van der Waals surface area contributed by atoms with E-state index in [-0.39, 0.29) is 41.7 Å². The van der Waals surface area contributed by atoms with Gasteiger partial charge < -0.3 is 10.2 Å². The molecule has 0 spiro atoms. The van der Waals surface area contributed by atoms with Crippen LogP contribution < -0.4 is 0 Å². The Balaban J connectivity index is 1.52. The van der Waals surface area contributed by atoms with E-state index in [1.165, 1.54) is 19.3 Å². The molecule has 4 heteroatoms. The average molecular weight is 433 g/mol. The predicted octanol–water partition coefficient (Wildman–Crippen LogP) is 4.80. The molecule has 4 aliphatic rings. The lowest BCUT2D eigenvalue weighted by atomic mass is 9.44. The zero-order valence-corrected chi connectivity index (χ0v) is 20.1. The van der Waals surface area contributed by atoms with Crippen molar-refractivity contribution in [1.82, 2.24) is 0 Å². The van der Waals surface area contributed by atoms with E-state index in [9.17, 15) is 19.8 Å². The summed E-state index contributed by atoms with van der Waals surface area (Å²) in [5.41, 5.74) is 0.264. The fourth-order valence-electron chi connectivity index (χ4n) is 8.81. The van der Waals surface area contributed by atoms with Crippen molar-refractivity contribution in [1.29, 1.82) is 0 Å². The minimum atomic E-state index is -0.207. The molecule has 0 radical (unpaired) electrons. The number of hydrogen-bond acceptors (Lipinski definition) is 4. The van der Waals surface area contributed by atoms with Crippen LogP contribution in [0, 0.1) is 52.3 Å². The number of aliphatic hydroxyl groups excluding tert-OH is 2. The first-order chi connectivity index (χ1) is 14.6. The number of carbonyl (C=O) groups is 2. The molecule has 4 aliphatic carbocycles. The van der Waals surface area contributed by atoms with Crippen LogP contribution in [-0.4, -0.2) is 34.5 Å². The van der Waals surface area contributed by atoms with Crippen molar-refractivity contribution in [2.24, 2.45) is 52.3 Å². The molecule has 0 amide bonds. The van der Waals surface area contributed by atoms with Gasteiger partial charge in [0.1, 0.15) is 11.6 Å². The summed E-state index contributed by atoms with van der Waals surface area (Å²) >= 11 is 0. The lowest BCUT2D eigenvalue weighted by Gasteiger charge is -2.61. The molecule has 10 unspecified atom stereocenters. The van der Waals surface area contributed by atoms with Crippen LogP contribution in [0.5, 0.6) is 0 Å². The molecule has 2 N–H and O–H groups in total. The van der Waals surface area contributed by atoms with Gasteiger partial charge in [-0.05, 0) is 91.8 Å². The van der Waals surface area contributed by atoms with Crippen molar-refractivity contribution in [2.45, 2.75) is 98.0 Å². The summed E-state index contributed by atoms with van der Waals surface area (Å²) in [6, 6.07) is 0. The lowest BCUT2D eigenvalue weighted by Crippen LogP contribution is -2.54. The molecule has 0 heterocycles. The zero-order chi connectivity index (χ0) is 22.6. The summed E-state index contributed by atoms with van der Waals surface area (Å²) in [6.45, 7) is 8.88. The molecule has 0 aromatic rings. The Morgan fingerprint density at radius 3 is 2.48 bits per heavy atom. The largest absolute Gasteiger partial charge is 0.396 e. The minimum Gasteiger partial charge on any atom is -0.396 e. The van der Waals surface area contributed by atoms with E-state index in [0.717, 1.165) is 25.7 Å². The van der Waals surface area contributed by atoms with E-state index in [1.54, 1.807) is 0 Å². The highest BCUT2D eigenvalue weighted by atomic mass is 16.3. The van der Waals surface area contributed by atoms with Gasteiger partial charge in [0, 0.05) is 31.3 Å². The van der Waals surface area contributed by atoms with Crippen molar-refractivity contribution in [3.8, 4) is 0 Å². The number of ketones is 2. The lowest BCUT2D eigenvalue weighted by molar-refractivity contribution is -0.140. The third kappa shape index (κ3) is 3.84. The van der Waals surface area contributed by atoms with Crippen LogP contribution >= 0.6 is 0 Å². The minimum absolute atomic E-state index is 0.0483. The Morgan fingerprint density at radius 1 is 1.06 bits per heavy atom. The van der Waals surface area contributed by atoms with E-state index in [0.29, 0.717) is 54.1 Å². The van der Waals surface area contributed by atoms with Gasteiger partial charge in [0.25, 0.3) is 0 Å². The Morgan fingerprint density at radius 2 is 1.77 bits per heavy atom. The van der Waals surface area contributed by atoms with Crippen molar-refractivity contribution in [3.05, 3.63) is 0 Å². The maximum absolute atomic E-state index is 13.3. The van der Waals surface area contributed by atoms with Crippen molar-refractivity contribution < 1.29 is 19.8 Å². The van der Waals surface area contributed by atoms with Gasteiger partial charge in [-0.1, -0.05) is 27.7 Å². The highest BCUT2D eigenvalue weighted by Gasteiger charge is 2.63. The Labute approximate surface area is 188 Å². The van der Waals surface area contributed by atoms with E-state index in [1.807, 2.05) is 13.8 Å². The fraction of sp³-hybridized carbons (Fsp3) is 0.926. The molecular formula is C27H44O4. The number of fused-ring (bicyclic) bond motifs is 5. The molecule has 4 saturated carbocycles. The van der Waals surface area contributed by atoms with Crippen LogP contribution in [0.15, 0.2) is 0 Å². The Bertz CT molecular complexity index is 703. The first-order valence-electron chi connectivity index (χ1n) is 13.0. The third-order valence-corrected chi connectivity index (χ3v) is 10.8. The van der Waals surface area contributed by atoms with Crippen LogP contribution in [0.1, 0.15) is 91.9 Å². The van der Waals surface area contributed by atoms with Crippen LogP contribution in [0.25, 0.3) is 0 Å². The second-order valence-corrected chi connectivity index (χ2v) is 12.4. The highest BCUT2D eigenvalue weighted by Crippen LogP contribution is 2.67. The van der Waals surface area contributed by atoms with Gasteiger partial charge in [-0.15, -0.1) is 0 Å². The molecule has 0 aromatic heterocycles. The zero-order valence-electron chi connectivity index (χ0n) is 20.1. The molecule has 4 nitrogen and oxygen atoms in total. The number of rotatable bonds is 6. The van der Waals surface area contributed by atoms with Crippen LogP contribution in [-0.2, 0) is 9.59 Å². The monoisotopic (exact) mass is 432 g/mol. The average Bonchev–Trinajstić information content (AvgIpc) is 3.01. The molecule has 0 bridgehead atoms. The van der Waals surface area contributed by atoms with Gasteiger partial charge in [0.05, 0.1) is 6.10 Å². The summed E-state index contributed by atoms with van der Waals surface area (Å²) < 4.78 is 0. The molecular weight excluding hydrogens is 388 g/mol. The summed E-state index contributed by atoms with van der Waals surface area (Å²) in [6.07, 6.45) is 9.34. The smallest absolute Gasteiger partial charge is 0.137 e. The van der Waals surface area contributed by atoms with Gasteiger partial charge in [0.15, 0.2) is 0 Å². The van der Waals surface area contributed by atoms with Gasteiger partial charge in [0.2, 0.25) is 0 Å². The maximum atomic E-state index is 13.3. The normalized spacial score (nSPS) is 46.6. The maximum Gasteiger partial charge on any atom is 0.137 e. The Hall–Kier alpha value is -0.740. The summed E-state index contributed by atoms with van der Waals surface area (Å²) in [7, 11) is 0. The highest BCUT2D eigenvalue weighted by molar-refractivity contribution is 5.92. The molecule has 4 fully saturated rings. The molecule has 0 saturated heterocycles. The van der Waals surface area contributed by atoms with Gasteiger partial charge in [-0.3, -0.25) is 9.59 Å².